The van der Waals surface area contributed by atoms with Gasteiger partial charge in [0.15, 0.2) is 0 Å². The predicted molar refractivity (Wildman–Crippen MR) is 110 cm³/mol. The smallest absolute Gasteiger partial charge is 0.251 e. The Kier molecular flexibility index (Phi) is 6.31. The van der Waals surface area contributed by atoms with Gasteiger partial charge in [-0.3, -0.25) is 9.59 Å². The van der Waals surface area contributed by atoms with Crippen LogP contribution in [0.3, 0.4) is 0 Å². The van der Waals surface area contributed by atoms with Gasteiger partial charge in [0.1, 0.15) is 5.82 Å². The standard InChI is InChI=1S/C24H31FN2O2/c25-19-12-10-18(11-13-19)16-27-22-9-5-4-8-20(22)21(24(27)29)14-23(28)26-15-17-6-2-1-3-7-17/h10-13,17,22H,1-9,14-16H2,(H,26,28). The Bertz CT molecular complexity index is 781. The summed E-state index contributed by atoms with van der Waals surface area (Å²) in [7, 11) is 0. The zero-order valence-electron chi connectivity index (χ0n) is 17.1. The van der Waals surface area contributed by atoms with Crippen molar-refractivity contribution in [2.45, 2.75) is 76.8 Å². The molecule has 1 unspecified atom stereocenters. The molecule has 4 nitrogen and oxygen atoms in total. The summed E-state index contributed by atoms with van der Waals surface area (Å²) in [4.78, 5) is 27.7. The SMILES string of the molecule is O=C(CC1=C2CCCCC2N(Cc2ccc(F)cc2)C1=O)NCC1CCCCC1. The molecule has 1 N–H and O–H groups in total. The monoisotopic (exact) mass is 398 g/mol. The van der Waals surface area contributed by atoms with Crippen LogP contribution in [0.5, 0.6) is 0 Å². The van der Waals surface area contributed by atoms with Gasteiger partial charge in [-0.15, -0.1) is 0 Å². The van der Waals surface area contributed by atoms with Crippen molar-refractivity contribution in [1.29, 1.82) is 0 Å². The van der Waals surface area contributed by atoms with Crippen molar-refractivity contribution in [3.8, 4) is 0 Å². The van der Waals surface area contributed by atoms with Gasteiger partial charge in [-0.1, -0.05) is 37.8 Å². The maximum Gasteiger partial charge on any atom is 0.251 e. The molecule has 0 aromatic heterocycles. The van der Waals surface area contributed by atoms with Crippen LogP contribution in [0.4, 0.5) is 4.39 Å². The summed E-state index contributed by atoms with van der Waals surface area (Å²) in [5.41, 5.74) is 2.79. The number of rotatable bonds is 6. The number of fused-ring (bicyclic) bond motifs is 1. The second-order valence-corrected chi connectivity index (χ2v) is 8.81. The highest BCUT2D eigenvalue weighted by atomic mass is 19.1. The lowest BCUT2D eigenvalue weighted by Crippen LogP contribution is -2.36. The first kappa shape index (κ1) is 20.1. The predicted octanol–water partition coefficient (Wildman–Crippen LogP) is 4.49. The number of hydrogen-bond donors (Lipinski definition) is 1. The maximum absolute atomic E-state index is 13.2. The summed E-state index contributed by atoms with van der Waals surface area (Å²) in [6.45, 7) is 1.21. The lowest BCUT2D eigenvalue weighted by atomic mass is 9.88. The number of benzene rings is 1. The molecule has 2 fully saturated rings. The molecule has 29 heavy (non-hydrogen) atoms. The Morgan fingerprint density at radius 2 is 1.76 bits per heavy atom. The van der Waals surface area contributed by atoms with E-state index in [9.17, 15) is 14.0 Å². The first-order valence-corrected chi connectivity index (χ1v) is 11.2. The molecule has 5 heteroatoms. The van der Waals surface area contributed by atoms with Crippen LogP contribution >= 0.6 is 0 Å². The van der Waals surface area contributed by atoms with Crippen LogP contribution in [0.25, 0.3) is 0 Å². The summed E-state index contributed by atoms with van der Waals surface area (Å²) in [6.07, 6.45) is 10.4. The third-order valence-corrected chi connectivity index (χ3v) is 6.77. The Labute approximate surface area is 172 Å². The lowest BCUT2D eigenvalue weighted by Gasteiger charge is -2.30. The van der Waals surface area contributed by atoms with Crippen LogP contribution in [0, 0.1) is 11.7 Å². The largest absolute Gasteiger partial charge is 0.356 e. The summed E-state index contributed by atoms with van der Waals surface area (Å²) >= 11 is 0. The molecule has 1 aliphatic heterocycles. The fourth-order valence-electron chi connectivity index (χ4n) is 5.17. The third kappa shape index (κ3) is 4.71. The van der Waals surface area contributed by atoms with E-state index < -0.39 is 0 Å². The molecular weight excluding hydrogens is 367 g/mol. The van der Waals surface area contributed by atoms with Crippen molar-refractivity contribution in [3.05, 3.63) is 46.8 Å². The van der Waals surface area contributed by atoms with E-state index in [2.05, 4.69) is 5.32 Å². The number of hydrogen-bond acceptors (Lipinski definition) is 2. The topological polar surface area (TPSA) is 49.4 Å². The third-order valence-electron chi connectivity index (χ3n) is 6.77. The van der Waals surface area contributed by atoms with E-state index in [-0.39, 0.29) is 30.1 Å². The van der Waals surface area contributed by atoms with E-state index in [1.54, 1.807) is 12.1 Å². The summed E-state index contributed by atoms with van der Waals surface area (Å²) < 4.78 is 13.2. The van der Waals surface area contributed by atoms with Gasteiger partial charge >= 0.3 is 0 Å². The molecule has 1 heterocycles. The molecule has 3 aliphatic rings. The highest BCUT2D eigenvalue weighted by molar-refractivity contribution is 6.02. The van der Waals surface area contributed by atoms with Gasteiger partial charge in [-0.25, -0.2) is 4.39 Å². The molecule has 1 atom stereocenters. The average Bonchev–Trinajstić information content (AvgIpc) is 3.00. The molecule has 2 saturated carbocycles. The summed E-state index contributed by atoms with van der Waals surface area (Å²) in [5.74, 6) is 0.277. The van der Waals surface area contributed by atoms with Crippen molar-refractivity contribution >= 4 is 11.8 Å². The Balaban J connectivity index is 1.41. The van der Waals surface area contributed by atoms with Crippen LogP contribution < -0.4 is 5.32 Å². The fourth-order valence-corrected chi connectivity index (χ4v) is 5.17. The van der Waals surface area contributed by atoms with Gasteiger partial charge < -0.3 is 10.2 Å². The van der Waals surface area contributed by atoms with Crippen LogP contribution in [0.1, 0.15) is 69.8 Å². The highest BCUT2D eigenvalue weighted by Crippen LogP contribution is 2.38. The molecule has 156 valence electrons. The van der Waals surface area contributed by atoms with Gasteiger partial charge in [0.25, 0.3) is 5.91 Å². The normalized spacial score (nSPS) is 22.7. The molecule has 1 aromatic carbocycles. The molecule has 0 radical (unpaired) electrons. The van der Waals surface area contributed by atoms with Crippen molar-refractivity contribution in [3.63, 3.8) is 0 Å². The molecule has 4 rings (SSSR count). The fraction of sp³-hybridized carbons (Fsp3) is 0.583. The highest BCUT2D eigenvalue weighted by Gasteiger charge is 2.40. The molecule has 2 aliphatic carbocycles. The van der Waals surface area contributed by atoms with Gasteiger partial charge in [-0.05, 0) is 61.3 Å². The van der Waals surface area contributed by atoms with Gasteiger partial charge in [0, 0.05) is 18.7 Å². The number of nitrogens with zero attached hydrogens (tertiary/aromatic N) is 1. The molecule has 0 spiro atoms. The van der Waals surface area contributed by atoms with Crippen LogP contribution in [0.2, 0.25) is 0 Å². The number of carbonyl (C=O) groups excluding carboxylic acids is 2. The number of nitrogens with one attached hydrogen (secondary N) is 1. The molecular formula is C24H31FN2O2. The van der Waals surface area contributed by atoms with E-state index in [4.69, 9.17) is 0 Å². The van der Waals surface area contributed by atoms with E-state index in [1.807, 2.05) is 4.90 Å². The zero-order valence-corrected chi connectivity index (χ0v) is 17.1. The summed E-state index contributed by atoms with van der Waals surface area (Å²) in [5, 5.41) is 3.08. The number of halogens is 1. The average molecular weight is 399 g/mol. The van der Waals surface area contributed by atoms with E-state index >= 15 is 0 Å². The van der Waals surface area contributed by atoms with Crippen LogP contribution in [-0.2, 0) is 16.1 Å². The minimum atomic E-state index is -0.270. The van der Waals surface area contributed by atoms with Crippen LogP contribution in [-0.4, -0.2) is 29.3 Å². The molecule has 1 aromatic rings. The lowest BCUT2D eigenvalue weighted by molar-refractivity contribution is -0.129. The number of carbonyl (C=O) groups is 2. The maximum atomic E-state index is 13.2. The van der Waals surface area contributed by atoms with Crippen molar-refractivity contribution in [2.24, 2.45) is 5.92 Å². The quantitative estimate of drug-likeness (QED) is 0.767. The minimum absolute atomic E-state index is 0.0101. The summed E-state index contributed by atoms with van der Waals surface area (Å²) in [6, 6.07) is 6.44. The number of amides is 2. The van der Waals surface area contributed by atoms with Gasteiger partial charge in [-0.2, -0.15) is 0 Å². The Hall–Kier alpha value is -2.17. The molecule has 0 saturated heterocycles. The van der Waals surface area contributed by atoms with Crippen molar-refractivity contribution < 1.29 is 14.0 Å². The molecule has 0 bridgehead atoms. The first-order valence-electron chi connectivity index (χ1n) is 11.2. The Morgan fingerprint density at radius 1 is 1.03 bits per heavy atom. The first-order chi connectivity index (χ1) is 14.1. The van der Waals surface area contributed by atoms with Crippen LogP contribution in [0.15, 0.2) is 35.4 Å². The zero-order chi connectivity index (χ0) is 20.2. The van der Waals surface area contributed by atoms with Gasteiger partial charge in [0.2, 0.25) is 5.91 Å². The Morgan fingerprint density at radius 3 is 2.52 bits per heavy atom. The van der Waals surface area contributed by atoms with E-state index in [0.717, 1.165) is 43.4 Å². The van der Waals surface area contributed by atoms with E-state index in [0.29, 0.717) is 18.0 Å². The van der Waals surface area contributed by atoms with Gasteiger partial charge in [0.05, 0.1) is 12.5 Å². The second-order valence-electron chi connectivity index (χ2n) is 8.81. The van der Waals surface area contributed by atoms with E-state index in [1.165, 1.54) is 44.2 Å². The second kappa shape index (κ2) is 9.10. The van der Waals surface area contributed by atoms with Crippen molar-refractivity contribution in [1.82, 2.24) is 10.2 Å². The van der Waals surface area contributed by atoms with Crippen molar-refractivity contribution in [2.75, 3.05) is 6.54 Å². The minimum Gasteiger partial charge on any atom is -0.356 e. The molecule has 2 amide bonds.